The van der Waals surface area contributed by atoms with Crippen LogP contribution in [0.15, 0.2) is 60.7 Å². The fraction of sp³-hybridized carbons (Fsp3) is 0.318. The van der Waals surface area contributed by atoms with Gasteiger partial charge in [-0.05, 0) is 17.5 Å². The molecular weight excluding hydrogens is 370 g/mol. The maximum Gasteiger partial charge on any atom is 0.409 e. The van der Waals surface area contributed by atoms with E-state index in [0.29, 0.717) is 18.5 Å². The number of carbonyl (C=O) groups excluding carboxylic acids is 2. The van der Waals surface area contributed by atoms with Crippen molar-refractivity contribution in [1.29, 1.82) is 0 Å². The zero-order valence-corrected chi connectivity index (χ0v) is 16.0. The van der Waals surface area contributed by atoms with Crippen molar-refractivity contribution in [2.75, 3.05) is 19.6 Å². The van der Waals surface area contributed by atoms with Gasteiger partial charge in [0.15, 0.2) is 0 Å². The predicted molar refractivity (Wildman–Crippen MR) is 106 cm³/mol. The van der Waals surface area contributed by atoms with E-state index in [9.17, 15) is 19.5 Å². The van der Waals surface area contributed by atoms with Gasteiger partial charge >= 0.3 is 6.09 Å². The molecule has 29 heavy (non-hydrogen) atoms. The van der Waals surface area contributed by atoms with Crippen LogP contribution >= 0.6 is 0 Å². The van der Waals surface area contributed by atoms with Crippen LogP contribution in [0.4, 0.5) is 4.79 Å². The summed E-state index contributed by atoms with van der Waals surface area (Å²) in [4.78, 5) is 42.4. The Morgan fingerprint density at radius 2 is 1.66 bits per heavy atom. The van der Waals surface area contributed by atoms with Gasteiger partial charge in [0.2, 0.25) is 11.8 Å². The predicted octanol–water partition coefficient (Wildman–Crippen LogP) is 2.35. The lowest BCUT2D eigenvalue weighted by Gasteiger charge is -2.51. The number of fused-ring (bicyclic) bond motifs is 1. The molecule has 1 N–H and O–H groups in total. The smallest absolute Gasteiger partial charge is 0.409 e. The second kappa shape index (κ2) is 7.95. The molecular formula is C22H23N3O4. The molecule has 0 aromatic heterocycles. The van der Waals surface area contributed by atoms with Crippen LogP contribution in [0.2, 0.25) is 0 Å². The van der Waals surface area contributed by atoms with Crippen LogP contribution in [0, 0.1) is 0 Å². The largest absolute Gasteiger partial charge is 0.465 e. The summed E-state index contributed by atoms with van der Waals surface area (Å²) in [5.41, 5.74) is 1.81. The lowest BCUT2D eigenvalue weighted by atomic mass is 9.97. The van der Waals surface area contributed by atoms with Crippen molar-refractivity contribution in [3.05, 3.63) is 71.8 Å². The second-order valence-electron chi connectivity index (χ2n) is 7.34. The molecule has 0 radical (unpaired) electrons. The van der Waals surface area contributed by atoms with Crippen molar-refractivity contribution in [2.24, 2.45) is 0 Å². The number of hydrogen-bond acceptors (Lipinski definition) is 3. The minimum absolute atomic E-state index is 0.0867. The van der Waals surface area contributed by atoms with Crippen molar-refractivity contribution in [3.63, 3.8) is 0 Å². The third-order valence-corrected chi connectivity index (χ3v) is 5.62. The van der Waals surface area contributed by atoms with E-state index in [1.165, 1.54) is 9.80 Å². The molecule has 150 valence electrons. The zero-order valence-electron chi connectivity index (χ0n) is 16.0. The average Bonchev–Trinajstić information content (AvgIpc) is 2.74. The van der Waals surface area contributed by atoms with E-state index in [4.69, 9.17) is 0 Å². The van der Waals surface area contributed by atoms with E-state index in [0.717, 1.165) is 5.56 Å². The summed E-state index contributed by atoms with van der Waals surface area (Å²) in [5, 5.41) is 9.66. The van der Waals surface area contributed by atoms with Crippen LogP contribution in [0.1, 0.15) is 23.6 Å². The van der Waals surface area contributed by atoms with E-state index < -0.39 is 18.3 Å². The summed E-state index contributed by atoms with van der Waals surface area (Å²) in [6, 6.07) is 18.2. The fourth-order valence-corrected chi connectivity index (χ4v) is 4.16. The lowest BCUT2D eigenvalue weighted by Crippen LogP contribution is -2.68. The van der Waals surface area contributed by atoms with Gasteiger partial charge in [-0.3, -0.25) is 14.5 Å². The number of benzene rings is 2. The normalized spacial score (nSPS) is 21.9. The summed E-state index contributed by atoms with van der Waals surface area (Å²) >= 11 is 0. The van der Waals surface area contributed by atoms with E-state index in [1.807, 2.05) is 60.7 Å². The Hall–Kier alpha value is -3.35. The Morgan fingerprint density at radius 1 is 1.00 bits per heavy atom. The number of amides is 3. The average molecular weight is 393 g/mol. The first-order valence-electron chi connectivity index (χ1n) is 9.74. The van der Waals surface area contributed by atoms with Crippen LogP contribution < -0.4 is 0 Å². The third-order valence-electron chi connectivity index (χ3n) is 5.62. The molecule has 0 aliphatic carbocycles. The van der Waals surface area contributed by atoms with Gasteiger partial charge in [-0.25, -0.2) is 4.79 Å². The summed E-state index contributed by atoms with van der Waals surface area (Å²) in [6.45, 7) is 0.808. The molecule has 2 saturated heterocycles. The van der Waals surface area contributed by atoms with Gasteiger partial charge in [0.05, 0.1) is 6.54 Å². The Morgan fingerprint density at radius 3 is 2.31 bits per heavy atom. The monoisotopic (exact) mass is 393 g/mol. The van der Waals surface area contributed by atoms with Gasteiger partial charge in [-0.2, -0.15) is 0 Å². The van der Waals surface area contributed by atoms with E-state index in [1.54, 1.807) is 4.90 Å². The minimum Gasteiger partial charge on any atom is -0.465 e. The Kier molecular flexibility index (Phi) is 5.20. The van der Waals surface area contributed by atoms with Crippen LogP contribution in [0.3, 0.4) is 0 Å². The van der Waals surface area contributed by atoms with Crippen molar-refractivity contribution in [3.8, 4) is 0 Å². The summed E-state index contributed by atoms with van der Waals surface area (Å²) in [7, 11) is 0. The van der Waals surface area contributed by atoms with E-state index >= 15 is 0 Å². The number of rotatable bonds is 4. The molecule has 2 aliphatic heterocycles. The molecule has 2 heterocycles. The highest BCUT2D eigenvalue weighted by Crippen LogP contribution is 2.34. The topological polar surface area (TPSA) is 81.2 Å². The van der Waals surface area contributed by atoms with Crippen molar-refractivity contribution in [2.45, 2.75) is 25.0 Å². The van der Waals surface area contributed by atoms with Crippen LogP contribution in [-0.4, -0.2) is 63.5 Å². The Bertz CT molecular complexity index is 903. The molecule has 2 fully saturated rings. The van der Waals surface area contributed by atoms with E-state index in [-0.39, 0.29) is 31.3 Å². The number of carboxylic acid groups (broad SMARTS) is 1. The highest BCUT2D eigenvalue weighted by atomic mass is 16.4. The molecule has 2 atom stereocenters. The third kappa shape index (κ3) is 3.68. The Balaban J connectivity index is 1.66. The first kappa shape index (κ1) is 19.0. The molecule has 0 unspecified atom stereocenters. The van der Waals surface area contributed by atoms with Gasteiger partial charge in [-0.1, -0.05) is 60.7 Å². The standard InChI is InChI=1S/C22H23N3O4/c26-19-12-14-24(22(28)29)18-15-23(13-11-16-7-3-1-4-8-16)21(27)20(25(18)19)17-9-5-2-6-10-17/h1-10,18,20H,11-15H2,(H,28,29)/t18-,20+/m1/s1. The van der Waals surface area contributed by atoms with Crippen LogP contribution in [-0.2, 0) is 16.0 Å². The molecule has 7 nitrogen and oxygen atoms in total. The number of piperazine rings is 1. The molecule has 2 aliphatic rings. The maximum absolute atomic E-state index is 13.4. The zero-order chi connectivity index (χ0) is 20.4. The van der Waals surface area contributed by atoms with Gasteiger partial charge in [0.25, 0.3) is 0 Å². The number of hydrogen-bond donors (Lipinski definition) is 1. The summed E-state index contributed by atoms with van der Waals surface area (Å²) in [5.74, 6) is -0.346. The van der Waals surface area contributed by atoms with Crippen LogP contribution in [0.5, 0.6) is 0 Å². The van der Waals surface area contributed by atoms with Gasteiger partial charge in [0, 0.05) is 19.5 Å². The second-order valence-corrected chi connectivity index (χ2v) is 7.34. The number of nitrogens with zero attached hydrogens (tertiary/aromatic N) is 3. The van der Waals surface area contributed by atoms with Gasteiger partial charge in [0.1, 0.15) is 12.2 Å². The molecule has 2 aromatic carbocycles. The van der Waals surface area contributed by atoms with Gasteiger partial charge in [-0.15, -0.1) is 0 Å². The first-order chi connectivity index (χ1) is 14.1. The fourth-order valence-electron chi connectivity index (χ4n) is 4.16. The van der Waals surface area contributed by atoms with Crippen LogP contribution in [0.25, 0.3) is 0 Å². The summed E-state index contributed by atoms with van der Waals surface area (Å²) in [6.07, 6.45) is -0.991. The molecule has 7 heteroatoms. The van der Waals surface area contributed by atoms with E-state index in [2.05, 4.69) is 0 Å². The summed E-state index contributed by atoms with van der Waals surface area (Å²) < 4.78 is 0. The van der Waals surface area contributed by atoms with Crippen molar-refractivity contribution in [1.82, 2.24) is 14.7 Å². The molecule has 2 aromatic rings. The highest BCUT2D eigenvalue weighted by Gasteiger charge is 2.49. The molecule has 3 amide bonds. The lowest BCUT2D eigenvalue weighted by molar-refractivity contribution is -0.168. The SMILES string of the molecule is O=C1[C@H](c2ccccc2)N2C(=O)CCN(C(=O)O)[C@H]2CN1CCc1ccccc1. The number of carbonyl (C=O) groups is 3. The molecule has 0 saturated carbocycles. The molecule has 0 spiro atoms. The quantitative estimate of drug-likeness (QED) is 0.865. The van der Waals surface area contributed by atoms with Crippen molar-refractivity contribution >= 4 is 17.9 Å². The Labute approximate surface area is 169 Å². The molecule has 0 bridgehead atoms. The molecule has 4 rings (SSSR count). The highest BCUT2D eigenvalue weighted by molar-refractivity contribution is 5.91. The maximum atomic E-state index is 13.4. The van der Waals surface area contributed by atoms with Gasteiger partial charge < -0.3 is 14.9 Å². The first-order valence-corrected chi connectivity index (χ1v) is 9.74. The minimum atomic E-state index is -1.07. The van der Waals surface area contributed by atoms with Crippen molar-refractivity contribution < 1.29 is 19.5 Å².